The van der Waals surface area contributed by atoms with Crippen LogP contribution in [0.15, 0.2) is 18.2 Å². The molecule has 130 valence electrons. The first-order valence-electron chi connectivity index (χ1n) is 7.70. The maximum atomic E-state index is 11.6. The van der Waals surface area contributed by atoms with Crippen LogP contribution in [0.3, 0.4) is 0 Å². The minimum Gasteiger partial charge on any atom is -0.367 e. The third-order valence-electron chi connectivity index (χ3n) is 3.77. The Morgan fingerprint density at radius 3 is 2.58 bits per heavy atom. The molecule has 1 fully saturated rings. The Morgan fingerprint density at radius 2 is 2.04 bits per heavy atom. The number of non-ortho nitro benzene ring substituents is 1. The zero-order valence-electron chi connectivity index (χ0n) is 13.3. The predicted octanol–water partition coefficient (Wildman–Crippen LogP) is 2.57. The molecule has 1 aromatic rings. The van der Waals surface area contributed by atoms with E-state index >= 15 is 0 Å². The van der Waals surface area contributed by atoms with E-state index in [0.717, 1.165) is 12.1 Å². The summed E-state index contributed by atoms with van der Waals surface area (Å²) in [5.74, 6) is -0.0663. The summed E-state index contributed by atoms with van der Waals surface area (Å²) in [6.45, 7) is 4.58. The lowest BCUT2D eigenvalue weighted by Gasteiger charge is -2.37. The van der Waals surface area contributed by atoms with Crippen molar-refractivity contribution in [3.05, 3.63) is 33.3 Å². The van der Waals surface area contributed by atoms with Crippen LogP contribution in [0.5, 0.6) is 0 Å². The van der Waals surface area contributed by atoms with Crippen LogP contribution in [0.2, 0.25) is 5.02 Å². The van der Waals surface area contributed by atoms with E-state index in [1.807, 2.05) is 11.8 Å². The number of carbonyl (C=O) groups excluding carboxylic acids is 1. The molecule has 1 amide bonds. The van der Waals surface area contributed by atoms with Gasteiger partial charge < -0.3 is 15.1 Å². The van der Waals surface area contributed by atoms with Crippen LogP contribution in [-0.2, 0) is 4.79 Å². The Kier molecular flexibility index (Phi) is 6.33. The molecule has 0 unspecified atom stereocenters. The number of thiocarbonyl (C=S) groups is 1. The Labute approximate surface area is 150 Å². The Morgan fingerprint density at radius 1 is 1.38 bits per heavy atom. The maximum absolute atomic E-state index is 11.6. The van der Waals surface area contributed by atoms with E-state index in [1.165, 1.54) is 12.1 Å². The van der Waals surface area contributed by atoms with Crippen LogP contribution >= 0.6 is 23.8 Å². The summed E-state index contributed by atoms with van der Waals surface area (Å²) in [7, 11) is 0. The third-order valence-corrected chi connectivity index (χ3v) is 4.44. The van der Waals surface area contributed by atoms with Crippen LogP contribution in [0.1, 0.15) is 19.8 Å². The lowest BCUT2D eigenvalue weighted by molar-refractivity contribution is -0.384. The number of nitro benzene ring substituents is 1. The normalized spacial score (nSPS) is 14.4. The van der Waals surface area contributed by atoms with Gasteiger partial charge in [0.05, 0.1) is 15.6 Å². The van der Waals surface area contributed by atoms with Gasteiger partial charge in [-0.1, -0.05) is 18.5 Å². The van der Waals surface area contributed by atoms with Gasteiger partial charge in [0.15, 0.2) is 5.11 Å². The summed E-state index contributed by atoms with van der Waals surface area (Å²) < 4.78 is 0. The smallest absolute Gasteiger partial charge is 0.271 e. The zero-order valence-corrected chi connectivity index (χ0v) is 14.9. The second-order valence-electron chi connectivity index (χ2n) is 5.47. The molecule has 24 heavy (non-hydrogen) atoms. The molecule has 1 saturated heterocycles. The summed E-state index contributed by atoms with van der Waals surface area (Å²) in [5, 5.41) is 14.3. The van der Waals surface area contributed by atoms with E-state index in [0.29, 0.717) is 42.7 Å². The molecule has 2 rings (SSSR count). The van der Waals surface area contributed by atoms with Crippen molar-refractivity contribution < 1.29 is 9.72 Å². The number of amides is 1. The van der Waals surface area contributed by atoms with Gasteiger partial charge in [0, 0.05) is 44.7 Å². The molecule has 7 nitrogen and oxygen atoms in total. The highest BCUT2D eigenvalue weighted by atomic mass is 35.5. The number of rotatable bonds is 4. The summed E-state index contributed by atoms with van der Waals surface area (Å²) in [5.41, 5.74) is 0.741. The summed E-state index contributed by atoms with van der Waals surface area (Å²) in [6, 6.07) is 4.47. The molecule has 1 aromatic carbocycles. The van der Waals surface area contributed by atoms with Gasteiger partial charge in [-0.3, -0.25) is 14.9 Å². The summed E-state index contributed by atoms with van der Waals surface area (Å²) >= 11 is 11.4. The van der Waals surface area contributed by atoms with E-state index in [9.17, 15) is 14.9 Å². The average Bonchev–Trinajstić information content (AvgIpc) is 2.55. The highest BCUT2D eigenvalue weighted by molar-refractivity contribution is 7.80. The molecule has 1 aliphatic rings. The standard InChI is InChI=1S/C15H19ClN4O3S/c1-2-3-14(21)17-15(24)19-8-6-18(7-9-19)13-5-4-11(20(22)23)10-12(13)16/h4-5,10H,2-3,6-9H2,1H3,(H,17,21,24). The maximum Gasteiger partial charge on any atom is 0.271 e. The fourth-order valence-corrected chi connectivity index (χ4v) is 3.09. The number of halogens is 1. The van der Waals surface area contributed by atoms with Crippen molar-refractivity contribution in [2.24, 2.45) is 0 Å². The fraction of sp³-hybridized carbons (Fsp3) is 0.467. The van der Waals surface area contributed by atoms with Gasteiger partial charge in [0.25, 0.3) is 5.69 Å². The van der Waals surface area contributed by atoms with E-state index in [4.69, 9.17) is 23.8 Å². The van der Waals surface area contributed by atoms with Crippen molar-refractivity contribution in [3.63, 3.8) is 0 Å². The van der Waals surface area contributed by atoms with E-state index in [1.54, 1.807) is 6.07 Å². The highest BCUT2D eigenvalue weighted by Gasteiger charge is 2.22. The van der Waals surface area contributed by atoms with Gasteiger partial charge in [-0.15, -0.1) is 0 Å². The second kappa shape index (κ2) is 8.25. The first-order valence-corrected chi connectivity index (χ1v) is 8.48. The first-order chi connectivity index (χ1) is 11.4. The van der Waals surface area contributed by atoms with Crippen LogP contribution in [0, 0.1) is 10.1 Å². The number of hydrogen-bond donors (Lipinski definition) is 1. The van der Waals surface area contributed by atoms with E-state index in [-0.39, 0.29) is 11.6 Å². The number of nitrogens with one attached hydrogen (secondary N) is 1. The monoisotopic (exact) mass is 370 g/mol. The quantitative estimate of drug-likeness (QED) is 0.498. The number of piperazine rings is 1. The number of hydrogen-bond acceptors (Lipinski definition) is 5. The number of nitrogens with zero attached hydrogens (tertiary/aromatic N) is 3. The molecule has 0 radical (unpaired) electrons. The molecule has 0 bridgehead atoms. The lowest BCUT2D eigenvalue weighted by Crippen LogP contribution is -2.52. The number of carbonyl (C=O) groups is 1. The topological polar surface area (TPSA) is 78.7 Å². The van der Waals surface area contributed by atoms with E-state index in [2.05, 4.69) is 10.2 Å². The molecule has 0 spiro atoms. The van der Waals surface area contributed by atoms with Crippen molar-refractivity contribution in [3.8, 4) is 0 Å². The molecular formula is C15H19ClN4O3S. The molecule has 0 aliphatic carbocycles. The van der Waals surface area contributed by atoms with Gasteiger partial charge in [-0.05, 0) is 24.7 Å². The van der Waals surface area contributed by atoms with Crippen LogP contribution in [0.4, 0.5) is 11.4 Å². The molecule has 1 heterocycles. The molecule has 0 aromatic heterocycles. The van der Waals surface area contributed by atoms with Crippen LogP contribution in [0.25, 0.3) is 0 Å². The molecule has 1 N–H and O–H groups in total. The Bertz CT molecular complexity index is 648. The van der Waals surface area contributed by atoms with Crippen molar-refractivity contribution in [2.45, 2.75) is 19.8 Å². The summed E-state index contributed by atoms with van der Waals surface area (Å²) in [4.78, 5) is 25.9. The van der Waals surface area contributed by atoms with Gasteiger partial charge in [0.2, 0.25) is 5.91 Å². The molecule has 0 saturated carbocycles. The summed E-state index contributed by atoms with van der Waals surface area (Å²) in [6.07, 6.45) is 1.24. The molecular weight excluding hydrogens is 352 g/mol. The van der Waals surface area contributed by atoms with Gasteiger partial charge in [-0.25, -0.2) is 0 Å². The predicted molar refractivity (Wildman–Crippen MR) is 97.5 cm³/mol. The highest BCUT2D eigenvalue weighted by Crippen LogP contribution is 2.30. The average molecular weight is 371 g/mol. The minimum atomic E-state index is -0.467. The van der Waals surface area contributed by atoms with Gasteiger partial charge >= 0.3 is 0 Å². The Hall–Kier alpha value is -1.93. The molecule has 0 atom stereocenters. The zero-order chi connectivity index (χ0) is 17.7. The number of anilines is 1. The van der Waals surface area contributed by atoms with Crippen LogP contribution < -0.4 is 10.2 Å². The van der Waals surface area contributed by atoms with Crippen molar-refractivity contribution >= 4 is 46.2 Å². The fourth-order valence-electron chi connectivity index (χ4n) is 2.50. The van der Waals surface area contributed by atoms with Crippen molar-refractivity contribution in [2.75, 3.05) is 31.1 Å². The van der Waals surface area contributed by atoms with Crippen LogP contribution in [-0.4, -0.2) is 47.0 Å². The Balaban J connectivity index is 1.94. The van der Waals surface area contributed by atoms with E-state index < -0.39 is 4.92 Å². The first kappa shape index (κ1) is 18.4. The molecule has 9 heteroatoms. The van der Waals surface area contributed by atoms with Crippen molar-refractivity contribution in [1.82, 2.24) is 10.2 Å². The lowest BCUT2D eigenvalue weighted by atomic mass is 10.2. The second-order valence-corrected chi connectivity index (χ2v) is 6.26. The van der Waals surface area contributed by atoms with Gasteiger partial charge in [0.1, 0.15) is 0 Å². The SMILES string of the molecule is CCCC(=O)NC(=S)N1CCN(c2ccc([N+](=O)[O-])cc2Cl)CC1. The number of nitro groups is 1. The number of benzene rings is 1. The minimum absolute atomic E-state index is 0.0257. The molecule has 1 aliphatic heterocycles. The third kappa shape index (κ3) is 4.55. The largest absolute Gasteiger partial charge is 0.367 e. The van der Waals surface area contributed by atoms with Crippen molar-refractivity contribution in [1.29, 1.82) is 0 Å². The van der Waals surface area contributed by atoms with Gasteiger partial charge in [-0.2, -0.15) is 0 Å².